The van der Waals surface area contributed by atoms with Crippen molar-refractivity contribution in [3.8, 4) is 0 Å². The quantitative estimate of drug-likeness (QED) is 0.917. The Labute approximate surface area is 107 Å². The van der Waals surface area contributed by atoms with Crippen molar-refractivity contribution in [3.05, 3.63) is 71.8 Å². The minimum absolute atomic E-state index is 0.393. The first-order valence-electron chi connectivity index (χ1n) is 5.68. The van der Waals surface area contributed by atoms with Crippen LogP contribution in [0.2, 0.25) is 0 Å². The van der Waals surface area contributed by atoms with E-state index in [2.05, 4.69) is 0 Å². The van der Waals surface area contributed by atoms with Gasteiger partial charge in [0.2, 0.25) is 10.0 Å². The second kappa shape index (κ2) is 5.33. The van der Waals surface area contributed by atoms with Crippen molar-refractivity contribution in [1.29, 1.82) is 0 Å². The SMILES string of the molecule is NS(=O)(=O)[C@H](Cc1ccccc1)c1ccccc1. The Morgan fingerprint density at radius 2 is 1.39 bits per heavy atom. The molecule has 94 valence electrons. The summed E-state index contributed by atoms with van der Waals surface area (Å²) >= 11 is 0. The standard InChI is InChI=1S/C14H15NO2S/c15-18(16,17)14(13-9-5-2-6-10-13)11-12-7-3-1-4-8-12/h1-10,14H,11H2,(H2,15,16,17)/t14-/m1/s1. The summed E-state index contributed by atoms with van der Waals surface area (Å²) in [7, 11) is -3.62. The van der Waals surface area contributed by atoms with Crippen molar-refractivity contribution in [2.45, 2.75) is 11.7 Å². The van der Waals surface area contributed by atoms with E-state index in [4.69, 9.17) is 5.14 Å². The molecule has 0 aliphatic rings. The van der Waals surface area contributed by atoms with E-state index in [9.17, 15) is 8.42 Å². The molecular weight excluding hydrogens is 246 g/mol. The molecule has 0 radical (unpaired) electrons. The van der Waals surface area contributed by atoms with Crippen LogP contribution in [0.1, 0.15) is 16.4 Å². The molecular formula is C14H15NO2S. The van der Waals surface area contributed by atoms with E-state index in [0.717, 1.165) is 11.1 Å². The Hall–Kier alpha value is -1.65. The summed E-state index contributed by atoms with van der Waals surface area (Å²) in [6.45, 7) is 0. The summed E-state index contributed by atoms with van der Waals surface area (Å²) in [5.41, 5.74) is 1.68. The zero-order chi connectivity index (χ0) is 13.0. The van der Waals surface area contributed by atoms with Gasteiger partial charge < -0.3 is 0 Å². The molecule has 3 nitrogen and oxygen atoms in total. The summed E-state index contributed by atoms with van der Waals surface area (Å²) in [6.07, 6.45) is 0.393. The highest BCUT2D eigenvalue weighted by Gasteiger charge is 2.23. The molecule has 18 heavy (non-hydrogen) atoms. The molecule has 0 saturated heterocycles. The van der Waals surface area contributed by atoms with Crippen molar-refractivity contribution >= 4 is 10.0 Å². The molecule has 0 saturated carbocycles. The third kappa shape index (κ3) is 3.18. The van der Waals surface area contributed by atoms with Crippen LogP contribution in [0.4, 0.5) is 0 Å². The zero-order valence-electron chi connectivity index (χ0n) is 9.86. The van der Waals surface area contributed by atoms with Crippen molar-refractivity contribution in [1.82, 2.24) is 0 Å². The molecule has 0 aromatic heterocycles. The molecule has 1 atom stereocenters. The Kier molecular flexibility index (Phi) is 3.79. The van der Waals surface area contributed by atoms with Crippen LogP contribution in [0.5, 0.6) is 0 Å². The summed E-state index contributed by atoms with van der Waals surface area (Å²) in [5.74, 6) is 0. The van der Waals surface area contributed by atoms with E-state index in [1.165, 1.54) is 0 Å². The smallest absolute Gasteiger partial charge is 0.216 e. The van der Waals surface area contributed by atoms with Crippen LogP contribution in [-0.2, 0) is 16.4 Å². The monoisotopic (exact) mass is 261 g/mol. The van der Waals surface area contributed by atoms with Gasteiger partial charge in [-0.15, -0.1) is 0 Å². The zero-order valence-corrected chi connectivity index (χ0v) is 10.7. The second-order valence-electron chi connectivity index (χ2n) is 4.18. The summed E-state index contributed by atoms with van der Waals surface area (Å²) in [5, 5.41) is 4.64. The fourth-order valence-electron chi connectivity index (χ4n) is 1.92. The third-order valence-electron chi connectivity index (χ3n) is 2.83. The van der Waals surface area contributed by atoms with Gasteiger partial charge in [0.1, 0.15) is 5.25 Å². The maximum absolute atomic E-state index is 11.7. The lowest BCUT2D eigenvalue weighted by Crippen LogP contribution is -2.23. The molecule has 2 aromatic rings. The highest BCUT2D eigenvalue weighted by atomic mass is 32.2. The molecule has 0 aliphatic carbocycles. The number of benzene rings is 2. The Bertz CT molecular complexity index is 594. The number of hydrogen-bond acceptors (Lipinski definition) is 2. The summed E-state index contributed by atoms with van der Waals surface area (Å²) < 4.78 is 23.4. The molecule has 4 heteroatoms. The van der Waals surface area contributed by atoms with Crippen LogP contribution < -0.4 is 5.14 Å². The van der Waals surface area contributed by atoms with Gasteiger partial charge in [0, 0.05) is 0 Å². The van der Waals surface area contributed by atoms with Crippen LogP contribution in [0.25, 0.3) is 0 Å². The predicted octanol–water partition coefficient (Wildman–Crippen LogP) is 2.26. The predicted molar refractivity (Wildman–Crippen MR) is 72.4 cm³/mol. The van der Waals surface area contributed by atoms with Gasteiger partial charge in [-0.05, 0) is 17.5 Å². The van der Waals surface area contributed by atoms with Crippen LogP contribution >= 0.6 is 0 Å². The van der Waals surface area contributed by atoms with Crippen LogP contribution in [0.15, 0.2) is 60.7 Å². The van der Waals surface area contributed by atoms with Crippen LogP contribution in [0, 0.1) is 0 Å². The molecule has 2 aromatic carbocycles. The van der Waals surface area contributed by atoms with E-state index in [-0.39, 0.29) is 0 Å². The fraction of sp³-hybridized carbons (Fsp3) is 0.143. The maximum Gasteiger partial charge on any atom is 0.216 e. The third-order valence-corrected chi connectivity index (χ3v) is 4.06. The Morgan fingerprint density at radius 3 is 1.89 bits per heavy atom. The average Bonchev–Trinajstić information content (AvgIpc) is 2.37. The van der Waals surface area contributed by atoms with E-state index in [0.29, 0.717) is 6.42 Å². The second-order valence-corrected chi connectivity index (χ2v) is 5.93. The Morgan fingerprint density at radius 1 is 0.889 bits per heavy atom. The lowest BCUT2D eigenvalue weighted by Gasteiger charge is -2.15. The lowest BCUT2D eigenvalue weighted by atomic mass is 10.0. The highest BCUT2D eigenvalue weighted by molar-refractivity contribution is 7.89. The molecule has 0 unspecified atom stereocenters. The maximum atomic E-state index is 11.7. The minimum Gasteiger partial charge on any atom is -0.228 e. The number of nitrogens with two attached hydrogens (primary N) is 1. The van der Waals surface area contributed by atoms with Crippen molar-refractivity contribution in [2.75, 3.05) is 0 Å². The molecule has 0 aliphatic heterocycles. The first-order chi connectivity index (χ1) is 8.57. The number of sulfonamides is 1. The van der Waals surface area contributed by atoms with E-state index >= 15 is 0 Å². The highest BCUT2D eigenvalue weighted by Crippen LogP contribution is 2.24. The van der Waals surface area contributed by atoms with Gasteiger partial charge in [-0.2, -0.15) is 0 Å². The number of rotatable bonds is 4. The van der Waals surface area contributed by atoms with Gasteiger partial charge >= 0.3 is 0 Å². The van der Waals surface area contributed by atoms with Gasteiger partial charge in [0.15, 0.2) is 0 Å². The van der Waals surface area contributed by atoms with Gasteiger partial charge in [0.05, 0.1) is 0 Å². The van der Waals surface area contributed by atoms with Crippen molar-refractivity contribution in [3.63, 3.8) is 0 Å². The summed E-state index contributed by atoms with van der Waals surface area (Å²) in [6, 6.07) is 18.6. The van der Waals surface area contributed by atoms with Crippen molar-refractivity contribution < 1.29 is 8.42 Å². The van der Waals surface area contributed by atoms with E-state index < -0.39 is 15.3 Å². The largest absolute Gasteiger partial charge is 0.228 e. The van der Waals surface area contributed by atoms with Gasteiger partial charge in [0.25, 0.3) is 0 Å². The number of hydrogen-bond donors (Lipinski definition) is 1. The minimum atomic E-state index is -3.62. The molecule has 2 N–H and O–H groups in total. The Balaban J connectivity index is 2.34. The van der Waals surface area contributed by atoms with Gasteiger partial charge in [-0.1, -0.05) is 60.7 Å². The van der Waals surface area contributed by atoms with Gasteiger partial charge in [-0.3, -0.25) is 0 Å². The fourth-order valence-corrected chi connectivity index (χ4v) is 2.88. The van der Waals surface area contributed by atoms with E-state index in [1.807, 2.05) is 48.5 Å². The molecule has 0 bridgehead atoms. The normalized spacial score (nSPS) is 13.2. The van der Waals surface area contributed by atoms with Gasteiger partial charge in [-0.25, -0.2) is 13.6 Å². The topological polar surface area (TPSA) is 60.2 Å². The first kappa shape index (κ1) is 12.8. The average molecular weight is 261 g/mol. The van der Waals surface area contributed by atoms with Crippen LogP contribution in [-0.4, -0.2) is 8.42 Å². The van der Waals surface area contributed by atoms with Crippen molar-refractivity contribution in [2.24, 2.45) is 5.14 Å². The molecule has 2 rings (SSSR count). The molecule has 0 fully saturated rings. The van der Waals surface area contributed by atoms with E-state index in [1.54, 1.807) is 12.1 Å². The number of primary sulfonamides is 1. The molecule has 0 heterocycles. The first-order valence-corrected chi connectivity index (χ1v) is 7.29. The summed E-state index contributed by atoms with van der Waals surface area (Å²) in [4.78, 5) is 0. The van der Waals surface area contributed by atoms with Crippen LogP contribution in [0.3, 0.4) is 0 Å². The molecule has 0 spiro atoms. The molecule has 0 amide bonds. The lowest BCUT2D eigenvalue weighted by molar-refractivity contribution is 0.582.